The number of carbonyl (C=O) groups excluding carboxylic acids is 2. The molecule has 44 heavy (non-hydrogen) atoms. The van der Waals surface area contributed by atoms with Crippen LogP contribution < -0.4 is 21.4 Å². The number of methoxy groups -OCH3 is 1. The number of rotatable bonds is 8. The number of phenolic OH excluding ortho intramolecular Hbond substituents is 1. The van der Waals surface area contributed by atoms with Crippen LogP contribution in [-0.2, 0) is 20.6 Å². The highest BCUT2D eigenvalue weighted by Gasteiger charge is 2.53. The van der Waals surface area contributed by atoms with Gasteiger partial charge in [0.15, 0.2) is 23.6 Å². The zero-order chi connectivity index (χ0) is 32.5. The topological polar surface area (TPSA) is 200 Å². The maximum atomic E-state index is 13.0. The van der Waals surface area contributed by atoms with Crippen LogP contribution in [0.5, 0.6) is 17.2 Å². The smallest absolute Gasteiger partial charge is 0.404 e. The fourth-order valence-corrected chi connectivity index (χ4v) is 5.06. The maximum Gasteiger partial charge on any atom is 0.404 e. The fraction of sp³-hybridized carbons (Fsp3) is 0.387. The average Bonchev–Trinajstić information content (AvgIpc) is 2.94. The van der Waals surface area contributed by atoms with E-state index in [0.29, 0.717) is 12.0 Å². The molecule has 0 unspecified atom stereocenters. The quantitative estimate of drug-likeness (QED) is 0.184. The summed E-state index contributed by atoms with van der Waals surface area (Å²) in [7, 11) is 1.37. The minimum atomic E-state index is -1.52. The summed E-state index contributed by atoms with van der Waals surface area (Å²) >= 11 is 0. The van der Waals surface area contributed by atoms with Crippen LogP contribution in [0.3, 0.4) is 0 Å². The van der Waals surface area contributed by atoms with E-state index in [1.807, 2.05) is 19.9 Å². The van der Waals surface area contributed by atoms with Crippen molar-refractivity contribution < 1.29 is 48.3 Å². The van der Waals surface area contributed by atoms with Gasteiger partial charge in [-0.15, -0.1) is 0 Å². The summed E-state index contributed by atoms with van der Waals surface area (Å²) in [6.45, 7) is 8.69. The molecular formula is C31H36N2O11. The number of aromatic hydroxyl groups is 2. The number of primary amides is 1. The molecule has 236 valence electrons. The van der Waals surface area contributed by atoms with Crippen LogP contribution >= 0.6 is 0 Å². The molecule has 0 aliphatic carbocycles. The van der Waals surface area contributed by atoms with Gasteiger partial charge in [-0.3, -0.25) is 4.79 Å². The SMILES string of the molecule is CO[C@H]1[C@H](OC(N)=O)[C@H](O)[C@@H](Oc2ccc3c(O)c(NC(=O)c4ccc(O)c(CC=C(C)C)c4)c(=O)oc3c2C)OC1(C)C. The Morgan fingerprint density at radius 1 is 1.16 bits per heavy atom. The van der Waals surface area contributed by atoms with Gasteiger partial charge in [-0.05, 0) is 76.9 Å². The van der Waals surface area contributed by atoms with Gasteiger partial charge in [-0.25, -0.2) is 9.59 Å². The molecule has 1 saturated heterocycles. The maximum absolute atomic E-state index is 13.0. The number of hydrogen-bond acceptors (Lipinski definition) is 11. The number of fused-ring (bicyclic) bond motifs is 1. The van der Waals surface area contributed by atoms with E-state index in [2.05, 4.69) is 5.32 Å². The van der Waals surface area contributed by atoms with Crippen LogP contribution in [0.25, 0.3) is 11.0 Å². The van der Waals surface area contributed by atoms with E-state index in [9.17, 15) is 29.7 Å². The molecule has 1 fully saturated rings. The Balaban J connectivity index is 1.63. The Bertz CT molecular complexity index is 1670. The Morgan fingerprint density at radius 2 is 1.86 bits per heavy atom. The van der Waals surface area contributed by atoms with Gasteiger partial charge in [-0.1, -0.05) is 11.6 Å². The van der Waals surface area contributed by atoms with E-state index in [0.717, 1.165) is 5.57 Å². The van der Waals surface area contributed by atoms with Crippen molar-refractivity contribution in [2.75, 3.05) is 12.4 Å². The molecule has 2 heterocycles. The third-order valence-electron chi connectivity index (χ3n) is 7.33. The first-order valence-corrected chi connectivity index (χ1v) is 13.7. The van der Waals surface area contributed by atoms with Crippen molar-refractivity contribution in [3.63, 3.8) is 0 Å². The van der Waals surface area contributed by atoms with Crippen molar-refractivity contribution in [2.24, 2.45) is 5.73 Å². The molecule has 0 bridgehead atoms. The Kier molecular flexibility index (Phi) is 9.23. The Hall–Kier alpha value is -4.59. The molecule has 0 saturated carbocycles. The average molecular weight is 613 g/mol. The van der Waals surface area contributed by atoms with Crippen molar-refractivity contribution in [3.8, 4) is 17.2 Å². The first-order valence-electron chi connectivity index (χ1n) is 13.7. The van der Waals surface area contributed by atoms with Crippen LogP contribution in [0.4, 0.5) is 10.5 Å². The number of hydrogen-bond donors (Lipinski definition) is 5. The molecule has 0 spiro atoms. The van der Waals surface area contributed by atoms with Crippen LogP contribution in [0.15, 0.2) is 51.2 Å². The molecule has 4 rings (SSSR count). The number of nitrogens with one attached hydrogen (secondary N) is 1. The lowest BCUT2D eigenvalue weighted by molar-refractivity contribution is -0.304. The molecule has 1 aliphatic rings. The van der Waals surface area contributed by atoms with E-state index in [1.54, 1.807) is 20.8 Å². The number of nitrogens with two attached hydrogens (primary N) is 1. The zero-order valence-corrected chi connectivity index (χ0v) is 25.2. The first kappa shape index (κ1) is 32.3. The molecule has 4 atom stereocenters. The van der Waals surface area contributed by atoms with E-state index in [1.165, 1.54) is 37.4 Å². The van der Waals surface area contributed by atoms with Crippen LogP contribution in [0.2, 0.25) is 0 Å². The third-order valence-corrected chi connectivity index (χ3v) is 7.33. The van der Waals surface area contributed by atoms with Crippen molar-refractivity contribution in [3.05, 3.63) is 69.1 Å². The Labute approximate surface area is 252 Å². The number of anilines is 1. The second-order valence-electron chi connectivity index (χ2n) is 11.2. The molecule has 6 N–H and O–H groups in total. The standard InChI is InChI=1S/C31H36N2O11/c1-14(2)7-8-16-13-17(9-11-19(16)34)27(37)33-21-22(35)18-10-12-20(15(3)24(18)42-28(21)38)41-29-23(36)25(43-30(32)39)26(40-6)31(4,5)44-29/h7,9-13,23,25-26,29,34-36H,8H2,1-6H3,(H2,32,39)(H,33,37)/t23-,25+,26-,29-/m0/s1. The van der Waals surface area contributed by atoms with Crippen molar-refractivity contribution >= 4 is 28.7 Å². The van der Waals surface area contributed by atoms with Crippen LogP contribution in [0.1, 0.15) is 49.2 Å². The number of phenols is 1. The van der Waals surface area contributed by atoms with Gasteiger partial charge in [0, 0.05) is 18.2 Å². The molecule has 13 nitrogen and oxygen atoms in total. The van der Waals surface area contributed by atoms with Gasteiger partial charge in [0.25, 0.3) is 5.91 Å². The highest BCUT2D eigenvalue weighted by atomic mass is 16.7. The van der Waals surface area contributed by atoms with Gasteiger partial charge < -0.3 is 49.7 Å². The molecule has 1 aromatic heterocycles. The number of ether oxygens (including phenoxy) is 4. The summed E-state index contributed by atoms with van der Waals surface area (Å²) in [5, 5.41) is 34.6. The largest absolute Gasteiger partial charge is 0.508 e. The normalized spacial score (nSPS) is 21.0. The lowest BCUT2D eigenvalue weighted by atomic mass is 9.89. The first-order chi connectivity index (χ1) is 20.6. The van der Waals surface area contributed by atoms with Crippen molar-refractivity contribution in [2.45, 2.75) is 71.2 Å². The minimum Gasteiger partial charge on any atom is -0.508 e. The number of allylic oxidation sites excluding steroid dienone is 2. The van der Waals surface area contributed by atoms with Crippen LogP contribution in [0, 0.1) is 6.92 Å². The van der Waals surface area contributed by atoms with E-state index in [-0.39, 0.29) is 33.6 Å². The number of carbonyl (C=O) groups is 2. The number of benzene rings is 2. The summed E-state index contributed by atoms with van der Waals surface area (Å²) < 4.78 is 27.9. The minimum absolute atomic E-state index is 0.0183. The number of aliphatic hydroxyl groups excluding tert-OH is 1. The molecule has 0 radical (unpaired) electrons. The highest BCUT2D eigenvalue weighted by Crippen LogP contribution is 2.38. The summed E-state index contributed by atoms with van der Waals surface area (Å²) in [5.74, 6) is -1.09. The van der Waals surface area contributed by atoms with Gasteiger partial charge in [0.2, 0.25) is 6.29 Å². The number of aryl methyl sites for hydroxylation is 1. The van der Waals surface area contributed by atoms with E-state index in [4.69, 9.17) is 29.1 Å². The van der Waals surface area contributed by atoms with E-state index >= 15 is 0 Å². The van der Waals surface area contributed by atoms with Crippen molar-refractivity contribution in [1.29, 1.82) is 0 Å². The summed E-state index contributed by atoms with van der Waals surface area (Å²) in [4.78, 5) is 37.5. The molecule has 2 aromatic carbocycles. The molecular weight excluding hydrogens is 576 g/mol. The predicted molar refractivity (Wildman–Crippen MR) is 159 cm³/mol. The molecule has 2 amide bonds. The number of aliphatic hydroxyl groups is 1. The van der Waals surface area contributed by atoms with Gasteiger partial charge in [0.1, 0.15) is 23.2 Å². The Morgan fingerprint density at radius 3 is 2.50 bits per heavy atom. The molecule has 3 aromatic rings. The molecule has 1 aliphatic heterocycles. The predicted octanol–water partition coefficient (Wildman–Crippen LogP) is 3.63. The second kappa shape index (κ2) is 12.6. The fourth-order valence-electron chi connectivity index (χ4n) is 5.06. The number of amides is 2. The van der Waals surface area contributed by atoms with Gasteiger partial charge >= 0.3 is 11.7 Å². The van der Waals surface area contributed by atoms with Crippen molar-refractivity contribution in [1.82, 2.24) is 0 Å². The lowest BCUT2D eigenvalue weighted by Gasteiger charge is -2.47. The van der Waals surface area contributed by atoms with Gasteiger partial charge in [0.05, 0.1) is 11.0 Å². The summed E-state index contributed by atoms with van der Waals surface area (Å²) in [6.07, 6.45) is -3.81. The third kappa shape index (κ3) is 6.49. The second-order valence-corrected chi connectivity index (χ2v) is 11.2. The summed E-state index contributed by atoms with van der Waals surface area (Å²) in [6, 6.07) is 7.12. The van der Waals surface area contributed by atoms with E-state index < -0.39 is 59.3 Å². The lowest BCUT2D eigenvalue weighted by Crippen LogP contribution is -2.65. The zero-order valence-electron chi connectivity index (χ0n) is 25.2. The molecule has 13 heteroatoms. The highest BCUT2D eigenvalue weighted by molar-refractivity contribution is 6.06. The van der Waals surface area contributed by atoms with Crippen LogP contribution in [-0.4, -0.2) is 64.6 Å². The monoisotopic (exact) mass is 612 g/mol. The summed E-state index contributed by atoms with van der Waals surface area (Å²) in [5.41, 5.74) is 4.54. The van der Waals surface area contributed by atoms with Gasteiger partial charge in [-0.2, -0.15) is 0 Å².